The molecule has 0 saturated carbocycles. The summed E-state index contributed by atoms with van der Waals surface area (Å²) in [6.45, 7) is 8.54. The minimum Gasteiger partial charge on any atom is -0.361 e. The summed E-state index contributed by atoms with van der Waals surface area (Å²) >= 11 is 0. The third-order valence-corrected chi connectivity index (χ3v) is 8.92. The molecule has 1 aliphatic heterocycles. The van der Waals surface area contributed by atoms with Crippen molar-refractivity contribution in [1.82, 2.24) is 34.6 Å². The van der Waals surface area contributed by atoms with Crippen LogP contribution in [0.25, 0.3) is 11.0 Å². The van der Waals surface area contributed by atoms with E-state index < -0.39 is 33.1 Å². The van der Waals surface area contributed by atoms with Gasteiger partial charge in [-0.1, -0.05) is 31.6 Å². The topological polar surface area (TPSA) is 103 Å². The molecule has 44 heavy (non-hydrogen) atoms. The van der Waals surface area contributed by atoms with Crippen molar-refractivity contribution in [3.8, 4) is 11.8 Å². The number of carbonyl (C=O) groups excluding carboxylic acids is 1. The standard InChI is InChI=1S/C30H35F3N8O2Si/c1-44(2,3)18-17-43-21-40-15-9-23-27(36-20-37-28(23)40)39-16-10-25-24(19-39)26(29(42)35-13-11-30(31,32)33)38-41(25)14-6-8-22-7-4-5-12-34-22/h4-5,7,9,12,15,20H,10-11,13-14,16-19,21H2,1-3H3,(H,35,42). The predicted octanol–water partition coefficient (Wildman–Crippen LogP) is 4.63. The molecule has 0 fully saturated rings. The molecule has 0 unspecified atom stereocenters. The van der Waals surface area contributed by atoms with Gasteiger partial charge in [0.2, 0.25) is 0 Å². The molecular formula is C30H35F3N8O2Si. The number of nitrogens with one attached hydrogen (secondary N) is 1. The van der Waals surface area contributed by atoms with E-state index >= 15 is 0 Å². The van der Waals surface area contributed by atoms with Crippen molar-refractivity contribution in [2.24, 2.45) is 0 Å². The summed E-state index contributed by atoms with van der Waals surface area (Å²) in [7, 11) is -1.21. The number of amides is 1. The van der Waals surface area contributed by atoms with Gasteiger partial charge in [0.25, 0.3) is 5.91 Å². The van der Waals surface area contributed by atoms with Crippen molar-refractivity contribution >= 4 is 30.8 Å². The lowest BCUT2D eigenvalue weighted by atomic mass is 10.0. The van der Waals surface area contributed by atoms with Crippen LogP contribution in [0, 0.1) is 11.8 Å². The van der Waals surface area contributed by atoms with Crippen LogP contribution in [0.3, 0.4) is 0 Å². The second kappa shape index (κ2) is 13.2. The van der Waals surface area contributed by atoms with Crippen LogP contribution in [0.1, 0.15) is 33.9 Å². The van der Waals surface area contributed by atoms with Crippen LogP contribution in [-0.2, 0) is 31.0 Å². The Morgan fingerprint density at radius 1 is 1.16 bits per heavy atom. The fourth-order valence-corrected chi connectivity index (χ4v) is 5.67. The number of alkyl halides is 3. The van der Waals surface area contributed by atoms with E-state index in [0.717, 1.165) is 22.8 Å². The van der Waals surface area contributed by atoms with E-state index in [1.807, 2.05) is 27.8 Å². The quantitative estimate of drug-likeness (QED) is 0.156. The lowest BCUT2D eigenvalue weighted by molar-refractivity contribution is -0.133. The van der Waals surface area contributed by atoms with Gasteiger partial charge in [-0.25, -0.2) is 15.0 Å². The number of fused-ring (bicyclic) bond motifs is 2. The molecule has 0 radical (unpaired) electrons. The SMILES string of the molecule is C[Si](C)(C)CCOCn1ccc2c(N3CCc4c(c(C(=O)NCCC(F)(F)F)nn4CC#Cc4ccccn4)C3)ncnc21. The van der Waals surface area contributed by atoms with E-state index in [1.54, 1.807) is 23.0 Å². The first-order valence-electron chi connectivity index (χ1n) is 14.4. The Morgan fingerprint density at radius 3 is 2.75 bits per heavy atom. The van der Waals surface area contributed by atoms with E-state index in [2.05, 4.69) is 56.8 Å². The van der Waals surface area contributed by atoms with Crippen LogP contribution in [0.15, 0.2) is 43.0 Å². The molecule has 5 rings (SSSR count). The molecule has 0 bridgehead atoms. The average molecular weight is 625 g/mol. The van der Waals surface area contributed by atoms with E-state index in [0.29, 0.717) is 49.9 Å². The molecule has 10 nitrogen and oxygen atoms in total. The summed E-state index contributed by atoms with van der Waals surface area (Å²) in [5.41, 5.74) is 2.88. The lowest BCUT2D eigenvalue weighted by Crippen LogP contribution is -2.34. The first kappa shape index (κ1) is 31.2. The minimum absolute atomic E-state index is 0.0881. The molecule has 4 aromatic heterocycles. The van der Waals surface area contributed by atoms with Crippen LogP contribution >= 0.6 is 0 Å². The van der Waals surface area contributed by atoms with Gasteiger partial charge in [-0.15, -0.1) is 0 Å². The number of ether oxygens (including phenoxy) is 1. The van der Waals surface area contributed by atoms with Crippen LogP contribution in [0.5, 0.6) is 0 Å². The number of nitrogens with zero attached hydrogens (tertiary/aromatic N) is 7. The maximum absolute atomic E-state index is 13.1. The van der Waals surface area contributed by atoms with E-state index in [9.17, 15) is 18.0 Å². The van der Waals surface area contributed by atoms with E-state index in [4.69, 9.17) is 4.74 Å². The van der Waals surface area contributed by atoms with Gasteiger partial charge in [0.1, 0.15) is 36.8 Å². The Labute approximate surface area is 254 Å². The first-order chi connectivity index (χ1) is 21.0. The number of anilines is 1. The van der Waals surface area contributed by atoms with E-state index in [-0.39, 0.29) is 12.2 Å². The number of rotatable bonds is 10. The Kier molecular flexibility index (Phi) is 9.35. The molecule has 0 aliphatic carbocycles. The highest BCUT2D eigenvalue weighted by Crippen LogP contribution is 2.30. The van der Waals surface area contributed by atoms with Crippen LogP contribution in [0.4, 0.5) is 19.0 Å². The first-order valence-corrected chi connectivity index (χ1v) is 18.2. The Morgan fingerprint density at radius 2 is 2.00 bits per heavy atom. The zero-order valence-electron chi connectivity index (χ0n) is 25.0. The molecule has 1 N–H and O–H groups in total. The van der Waals surface area contributed by atoms with Gasteiger partial charge in [0.05, 0.1) is 11.8 Å². The largest absolute Gasteiger partial charge is 0.390 e. The third-order valence-electron chi connectivity index (χ3n) is 7.21. The maximum atomic E-state index is 13.1. The molecule has 232 valence electrons. The lowest BCUT2D eigenvalue weighted by Gasteiger charge is -2.29. The fraction of sp³-hybridized carbons (Fsp3) is 0.433. The van der Waals surface area contributed by atoms with Crippen molar-refractivity contribution in [2.75, 3.05) is 24.6 Å². The fourth-order valence-electron chi connectivity index (χ4n) is 4.92. The highest BCUT2D eigenvalue weighted by Gasteiger charge is 2.31. The number of carbonyl (C=O) groups is 1. The maximum Gasteiger partial charge on any atom is 0.390 e. The summed E-state index contributed by atoms with van der Waals surface area (Å²) in [5.74, 6) is 6.08. The summed E-state index contributed by atoms with van der Waals surface area (Å²) in [6, 6.07) is 8.44. The molecule has 0 atom stereocenters. The molecular weight excluding hydrogens is 589 g/mol. The summed E-state index contributed by atoms with van der Waals surface area (Å²) in [4.78, 5) is 28.4. The zero-order valence-corrected chi connectivity index (χ0v) is 26.0. The van der Waals surface area contributed by atoms with Gasteiger partial charge in [-0.3, -0.25) is 9.48 Å². The van der Waals surface area contributed by atoms with E-state index in [1.165, 1.54) is 6.33 Å². The second-order valence-corrected chi connectivity index (χ2v) is 17.4. The smallest absolute Gasteiger partial charge is 0.361 e. The molecule has 1 aliphatic rings. The summed E-state index contributed by atoms with van der Waals surface area (Å²) in [5, 5.41) is 7.74. The van der Waals surface area contributed by atoms with Crippen molar-refractivity contribution in [1.29, 1.82) is 0 Å². The van der Waals surface area contributed by atoms with Crippen molar-refractivity contribution in [3.05, 3.63) is 65.6 Å². The summed E-state index contributed by atoms with van der Waals surface area (Å²) in [6.07, 6.45) is 0.115. The van der Waals surface area contributed by atoms with Gasteiger partial charge in [-0.2, -0.15) is 18.3 Å². The van der Waals surface area contributed by atoms with Crippen molar-refractivity contribution in [3.63, 3.8) is 0 Å². The normalized spacial score (nSPS) is 13.5. The Balaban J connectivity index is 1.38. The molecule has 1 amide bonds. The number of hydrogen-bond acceptors (Lipinski definition) is 7. The van der Waals surface area contributed by atoms with Gasteiger partial charge in [0.15, 0.2) is 5.69 Å². The highest BCUT2D eigenvalue weighted by atomic mass is 28.3. The zero-order chi connectivity index (χ0) is 31.3. The van der Waals surface area contributed by atoms with Crippen LogP contribution in [0.2, 0.25) is 25.7 Å². The second-order valence-electron chi connectivity index (χ2n) is 11.8. The molecule has 0 aromatic carbocycles. The Bertz CT molecular complexity index is 1670. The number of pyridine rings is 1. The van der Waals surface area contributed by atoms with Crippen LogP contribution in [-0.4, -0.2) is 69.2 Å². The van der Waals surface area contributed by atoms with Crippen molar-refractivity contribution < 1.29 is 22.7 Å². The van der Waals surface area contributed by atoms with Gasteiger partial charge < -0.3 is 19.5 Å². The highest BCUT2D eigenvalue weighted by molar-refractivity contribution is 6.76. The number of halogens is 3. The number of hydrogen-bond donors (Lipinski definition) is 1. The minimum atomic E-state index is -4.38. The predicted molar refractivity (Wildman–Crippen MR) is 163 cm³/mol. The van der Waals surface area contributed by atoms with Gasteiger partial charge in [-0.05, 0) is 30.2 Å². The van der Waals surface area contributed by atoms with Crippen LogP contribution < -0.4 is 10.2 Å². The molecule has 14 heteroatoms. The molecule has 0 spiro atoms. The molecule has 4 aromatic rings. The monoisotopic (exact) mass is 624 g/mol. The summed E-state index contributed by atoms with van der Waals surface area (Å²) < 4.78 is 47.8. The third kappa shape index (κ3) is 7.83. The molecule has 5 heterocycles. The molecule has 0 saturated heterocycles. The Hall–Kier alpha value is -4.22. The van der Waals surface area contributed by atoms with Gasteiger partial charge >= 0.3 is 6.18 Å². The number of aromatic nitrogens is 6. The van der Waals surface area contributed by atoms with Crippen molar-refractivity contribution in [2.45, 2.75) is 64.5 Å². The average Bonchev–Trinajstić information content (AvgIpc) is 3.56. The van der Waals surface area contributed by atoms with Gasteiger partial charge in [0, 0.05) is 64.4 Å².